The molecule has 0 spiro atoms. The van der Waals surface area contributed by atoms with Crippen molar-refractivity contribution in [3.8, 4) is 0 Å². The number of ether oxygens (including phenoxy) is 1. The van der Waals surface area contributed by atoms with Crippen LogP contribution < -0.4 is 5.73 Å². The Balaban J connectivity index is 0.000000360. The molecule has 3 N–H and O–H groups in total. The summed E-state index contributed by atoms with van der Waals surface area (Å²) < 4.78 is 36.6. The first-order chi connectivity index (χ1) is 8.20. The van der Waals surface area contributed by atoms with Gasteiger partial charge in [-0.2, -0.15) is 13.2 Å². The minimum atomic E-state index is -5.08. The van der Waals surface area contributed by atoms with Crippen molar-refractivity contribution in [3.05, 3.63) is 0 Å². The number of carboxylic acid groups (broad SMARTS) is 1. The Hall–Kier alpha value is -1.31. The van der Waals surface area contributed by atoms with E-state index >= 15 is 0 Å². The number of carbonyl (C=O) groups excluding carboxylic acids is 1. The minimum absolute atomic E-state index is 0.0325. The summed E-state index contributed by atoms with van der Waals surface area (Å²) in [5, 5.41) is 7.12. The van der Waals surface area contributed by atoms with Crippen LogP contribution in [-0.2, 0) is 14.3 Å². The number of carbonyl (C=O) groups is 2. The highest BCUT2D eigenvalue weighted by molar-refractivity contribution is 5.73. The topological polar surface area (TPSA) is 89.6 Å². The molecule has 106 valence electrons. The fraction of sp³-hybridized carbons (Fsp3) is 0.800. The van der Waals surface area contributed by atoms with Crippen LogP contribution in [0, 0.1) is 5.92 Å². The number of esters is 1. The van der Waals surface area contributed by atoms with Gasteiger partial charge in [-0.05, 0) is 19.8 Å². The van der Waals surface area contributed by atoms with Crippen LogP contribution in [0.2, 0.25) is 0 Å². The van der Waals surface area contributed by atoms with Gasteiger partial charge < -0.3 is 15.6 Å². The van der Waals surface area contributed by atoms with Crippen molar-refractivity contribution >= 4 is 11.9 Å². The van der Waals surface area contributed by atoms with E-state index in [-0.39, 0.29) is 17.9 Å². The third-order valence-electron chi connectivity index (χ3n) is 2.40. The molecule has 0 radical (unpaired) electrons. The smallest absolute Gasteiger partial charge is 0.475 e. The number of hydrogen-bond acceptors (Lipinski definition) is 4. The maximum Gasteiger partial charge on any atom is 0.490 e. The lowest BCUT2D eigenvalue weighted by Gasteiger charge is -2.12. The highest BCUT2D eigenvalue weighted by Gasteiger charge is 2.38. The van der Waals surface area contributed by atoms with Crippen LogP contribution in [0.3, 0.4) is 0 Å². The molecule has 18 heavy (non-hydrogen) atoms. The normalized spacial score (nSPS) is 22.9. The lowest BCUT2D eigenvalue weighted by molar-refractivity contribution is -0.192. The SMILES string of the molecule is CCOC(=O)[C@H]1CCC[C@H]1N.O=C(O)C(F)(F)F. The fourth-order valence-corrected chi connectivity index (χ4v) is 1.53. The maximum absolute atomic E-state index is 11.2. The highest BCUT2D eigenvalue weighted by atomic mass is 19.4. The molecule has 1 aliphatic rings. The summed E-state index contributed by atoms with van der Waals surface area (Å²) in [5.41, 5.74) is 5.71. The van der Waals surface area contributed by atoms with Crippen molar-refractivity contribution in [2.24, 2.45) is 11.7 Å². The summed E-state index contributed by atoms with van der Waals surface area (Å²) >= 11 is 0. The van der Waals surface area contributed by atoms with E-state index in [1.165, 1.54) is 0 Å². The first kappa shape index (κ1) is 16.7. The second kappa shape index (κ2) is 7.20. The Bertz CT molecular complexity index is 293. The van der Waals surface area contributed by atoms with Gasteiger partial charge in [0.2, 0.25) is 0 Å². The summed E-state index contributed by atoms with van der Waals surface area (Å²) in [6, 6.07) is 0.0362. The number of carboxylic acids is 1. The average molecular weight is 271 g/mol. The van der Waals surface area contributed by atoms with Crippen molar-refractivity contribution in [1.82, 2.24) is 0 Å². The minimum Gasteiger partial charge on any atom is -0.475 e. The van der Waals surface area contributed by atoms with Gasteiger partial charge in [-0.3, -0.25) is 4.79 Å². The Morgan fingerprint density at radius 3 is 2.17 bits per heavy atom. The van der Waals surface area contributed by atoms with Gasteiger partial charge in [-0.15, -0.1) is 0 Å². The largest absolute Gasteiger partial charge is 0.490 e. The molecule has 0 heterocycles. The third kappa shape index (κ3) is 5.85. The Labute approximate surface area is 102 Å². The van der Waals surface area contributed by atoms with Crippen LogP contribution in [0.1, 0.15) is 26.2 Å². The number of alkyl halides is 3. The first-order valence-corrected chi connectivity index (χ1v) is 5.42. The van der Waals surface area contributed by atoms with Crippen molar-refractivity contribution in [3.63, 3.8) is 0 Å². The summed E-state index contributed by atoms with van der Waals surface area (Å²) in [6.07, 6.45) is -2.16. The number of nitrogens with two attached hydrogens (primary N) is 1. The molecule has 8 heteroatoms. The maximum atomic E-state index is 11.2. The molecule has 0 amide bonds. The molecule has 0 bridgehead atoms. The molecule has 1 fully saturated rings. The van der Waals surface area contributed by atoms with E-state index < -0.39 is 12.1 Å². The predicted molar refractivity (Wildman–Crippen MR) is 55.6 cm³/mol. The Morgan fingerprint density at radius 2 is 1.89 bits per heavy atom. The predicted octanol–water partition coefficient (Wildman–Crippen LogP) is 1.31. The zero-order valence-corrected chi connectivity index (χ0v) is 9.87. The van der Waals surface area contributed by atoms with Gasteiger partial charge in [0.1, 0.15) is 0 Å². The fourth-order valence-electron chi connectivity index (χ4n) is 1.53. The van der Waals surface area contributed by atoms with Crippen LogP contribution in [0.5, 0.6) is 0 Å². The number of hydrogen-bond donors (Lipinski definition) is 2. The van der Waals surface area contributed by atoms with Gasteiger partial charge in [0.15, 0.2) is 0 Å². The second-order valence-electron chi connectivity index (χ2n) is 3.76. The van der Waals surface area contributed by atoms with Crippen molar-refractivity contribution in [2.45, 2.75) is 38.4 Å². The van der Waals surface area contributed by atoms with E-state index in [4.69, 9.17) is 20.4 Å². The van der Waals surface area contributed by atoms with Crippen molar-refractivity contribution in [2.75, 3.05) is 6.61 Å². The van der Waals surface area contributed by atoms with Crippen LogP contribution in [-0.4, -0.2) is 35.9 Å². The molecule has 0 aromatic carbocycles. The zero-order chi connectivity index (χ0) is 14.3. The Morgan fingerprint density at radius 1 is 1.39 bits per heavy atom. The molecule has 5 nitrogen and oxygen atoms in total. The van der Waals surface area contributed by atoms with E-state index in [1.54, 1.807) is 0 Å². The van der Waals surface area contributed by atoms with Crippen molar-refractivity contribution in [1.29, 1.82) is 0 Å². The van der Waals surface area contributed by atoms with Crippen LogP contribution >= 0.6 is 0 Å². The van der Waals surface area contributed by atoms with E-state index in [1.807, 2.05) is 6.92 Å². The number of rotatable bonds is 2. The monoisotopic (exact) mass is 271 g/mol. The highest BCUT2D eigenvalue weighted by Crippen LogP contribution is 2.24. The van der Waals surface area contributed by atoms with Crippen LogP contribution in [0.4, 0.5) is 13.2 Å². The summed E-state index contributed by atoms with van der Waals surface area (Å²) in [4.78, 5) is 20.0. The third-order valence-corrected chi connectivity index (χ3v) is 2.40. The molecular formula is C10H16F3NO4. The molecule has 0 aliphatic heterocycles. The van der Waals surface area contributed by atoms with E-state index in [9.17, 15) is 18.0 Å². The van der Waals surface area contributed by atoms with Gasteiger partial charge in [0.25, 0.3) is 0 Å². The van der Waals surface area contributed by atoms with Crippen LogP contribution in [0.15, 0.2) is 0 Å². The standard InChI is InChI=1S/C8H15NO2.C2HF3O2/c1-2-11-8(10)6-4-3-5-7(6)9;3-2(4,5)1(6)7/h6-7H,2-5,9H2,1H3;(H,6,7)/t6-,7+;/m0./s1. The second-order valence-corrected chi connectivity index (χ2v) is 3.76. The first-order valence-electron chi connectivity index (χ1n) is 5.42. The summed E-state index contributed by atoms with van der Waals surface area (Å²) in [7, 11) is 0. The van der Waals surface area contributed by atoms with Gasteiger partial charge in [0.05, 0.1) is 12.5 Å². The molecule has 0 unspecified atom stereocenters. The number of aliphatic carboxylic acids is 1. The molecule has 1 aliphatic carbocycles. The van der Waals surface area contributed by atoms with Gasteiger partial charge in [-0.25, -0.2) is 4.79 Å². The van der Waals surface area contributed by atoms with E-state index in [0.29, 0.717) is 6.61 Å². The zero-order valence-electron chi connectivity index (χ0n) is 9.87. The van der Waals surface area contributed by atoms with Gasteiger partial charge >= 0.3 is 18.1 Å². The molecule has 0 aromatic heterocycles. The van der Waals surface area contributed by atoms with E-state index in [0.717, 1.165) is 19.3 Å². The molecule has 2 atom stereocenters. The summed E-state index contributed by atoms with van der Waals surface area (Å²) in [5.74, 6) is -2.90. The molecule has 1 rings (SSSR count). The lowest BCUT2D eigenvalue weighted by atomic mass is 10.1. The van der Waals surface area contributed by atoms with E-state index in [2.05, 4.69) is 0 Å². The van der Waals surface area contributed by atoms with Crippen molar-refractivity contribution < 1.29 is 32.6 Å². The Kier molecular flexibility index (Phi) is 6.67. The van der Waals surface area contributed by atoms with Gasteiger partial charge in [0, 0.05) is 6.04 Å². The lowest BCUT2D eigenvalue weighted by Crippen LogP contribution is -2.31. The average Bonchev–Trinajstić information content (AvgIpc) is 2.64. The molecule has 0 aromatic rings. The summed E-state index contributed by atoms with van der Waals surface area (Å²) in [6.45, 7) is 2.28. The quantitative estimate of drug-likeness (QED) is 0.739. The number of halogens is 3. The molecular weight excluding hydrogens is 255 g/mol. The van der Waals surface area contributed by atoms with Gasteiger partial charge in [-0.1, -0.05) is 6.42 Å². The molecule has 0 saturated heterocycles. The van der Waals surface area contributed by atoms with Crippen LogP contribution in [0.25, 0.3) is 0 Å². The molecule has 1 saturated carbocycles.